The number of hydrogen-bond donors (Lipinski definition) is 3. The second kappa shape index (κ2) is 5.01. The van der Waals surface area contributed by atoms with Crippen molar-refractivity contribution in [3.63, 3.8) is 0 Å². The van der Waals surface area contributed by atoms with Crippen LogP contribution in [-0.2, 0) is 0 Å². The molecule has 6 heteroatoms. The molecule has 1 aromatic rings. The quantitative estimate of drug-likeness (QED) is 0.695. The number of nitrogens with two attached hydrogens (primary N) is 1. The smallest absolute Gasteiger partial charge is 0.197 e. The molecule has 1 aromatic carbocycles. The zero-order valence-corrected chi connectivity index (χ0v) is 10.3. The first-order valence-corrected chi connectivity index (χ1v) is 5.73. The Hall–Kier alpha value is -1.82. The molecule has 17 heavy (non-hydrogen) atoms. The summed E-state index contributed by atoms with van der Waals surface area (Å²) in [6.07, 6.45) is -0.237. The summed E-state index contributed by atoms with van der Waals surface area (Å²) in [5.74, 6) is 1.16. The Labute approximate surface area is 105 Å². The maximum absolute atomic E-state index is 5.62. The van der Waals surface area contributed by atoms with E-state index in [9.17, 15) is 0 Å². The van der Waals surface area contributed by atoms with Gasteiger partial charge in [-0.15, -0.1) is 0 Å². The van der Waals surface area contributed by atoms with Crippen molar-refractivity contribution in [3.8, 4) is 5.75 Å². The average Bonchev–Trinajstić information content (AvgIpc) is 2.29. The van der Waals surface area contributed by atoms with Crippen molar-refractivity contribution in [2.75, 3.05) is 6.61 Å². The highest BCUT2D eigenvalue weighted by molar-refractivity contribution is 7.80. The van der Waals surface area contributed by atoms with Gasteiger partial charge in [0.05, 0.1) is 6.61 Å². The molecule has 2 rings (SSSR count). The fraction of sp³-hybridized carbons (Fsp3) is 0.273. The lowest BCUT2D eigenvalue weighted by Gasteiger charge is -2.23. The molecule has 4 N–H and O–H groups in total. The molecule has 1 aliphatic heterocycles. The lowest BCUT2D eigenvalue weighted by molar-refractivity contribution is 0.340. The molecule has 0 fully saturated rings. The van der Waals surface area contributed by atoms with Gasteiger partial charge in [-0.25, -0.2) is 4.99 Å². The number of thiocarbonyl (C=S) groups is 1. The molecular formula is C11H14N4OS. The number of nitrogens with one attached hydrogen (secondary N) is 2. The summed E-state index contributed by atoms with van der Waals surface area (Å²) in [6, 6.07) is 7.68. The van der Waals surface area contributed by atoms with Crippen LogP contribution in [0.5, 0.6) is 5.75 Å². The molecular weight excluding hydrogens is 236 g/mol. The van der Waals surface area contributed by atoms with Gasteiger partial charge in [0.1, 0.15) is 11.9 Å². The van der Waals surface area contributed by atoms with Gasteiger partial charge < -0.3 is 21.1 Å². The van der Waals surface area contributed by atoms with Gasteiger partial charge in [0, 0.05) is 0 Å². The van der Waals surface area contributed by atoms with Crippen LogP contribution in [0.2, 0.25) is 0 Å². The van der Waals surface area contributed by atoms with Gasteiger partial charge in [0.2, 0.25) is 0 Å². The fourth-order valence-electron chi connectivity index (χ4n) is 1.55. The number of ether oxygens (including phenoxy) is 1. The topological polar surface area (TPSA) is 71.7 Å². The van der Waals surface area contributed by atoms with Gasteiger partial charge in [0.15, 0.2) is 11.1 Å². The first kappa shape index (κ1) is 11.7. The second-order valence-corrected chi connectivity index (χ2v) is 3.93. The van der Waals surface area contributed by atoms with E-state index in [1.165, 1.54) is 0 Å². The Morgan fingerprint density at radius 3 is 2.71 bits per heavy atom. The van der Waals surface area contributed by atoms with E-state index in [2.05, 4.69) is 15.6 Å². The predicted molar refractivity (Wildman–Crippen MR) is 70.8 cm³/mol. The minimum absolute atomic E-state index is 0.237. The molecule has 0 aromatic heterocycles. The van der Waals surface area contributed by atoms with Crippen LogP contribution < -0.4 is 21.1 Å². The summed E-state index contributed by atoms with van der Waals surface area (Å²) in [5.41, 5.74) is 6.60. The van der Waals surface area contributed by atoms with E-state index in [4.69, 9.17) is 22.7 Å². The third kappa shape index (κ3) is 2.85. The minimum Gasteiger partial charge on any atom is -0.494 e. The van der Waals surface area contributed by atoms with Crippen LogP contribution in [0.3, 0.4) is 0 Å². The molecule has 1 aliphatic rings. The molecule has 0 unspecified atom stereocenters. The molecule has 0 saturated carbocycles. The van der Waals surface area contributed by atoms with Crippen LogP contribution in [0.4, 0.5) is 0 Å². The number of hydrogen-bond acceptors (Lipinski definition) is 4. The Morgan fingerprint density at radius 2 is 2.12 bits per heavy atom. The fourth-order valence-corrected chi connectivity index (χ4v) is 1.77. The summed E-state index contributed by atoms with van der Waals surface area (Å²) in [7, 11) is 0. The van der Waals surface area contributed by atoms with E-state index < -0.39 is 0 Å². The van der Waals surface area contributed by atoms with E-state index in [0.29, 0.717) is 17.7 Å². The zero-order chi connectivity index (χ0) is 12.3. The van der Waals surface area contributed by atoms with Crippen LogP contribution in [0.1, 0.15) is 18.7 Å². The number of benzene rings is 1. The van der Waals surface area contributed by atoms with Gasteiger partial charge in [-0.05, 0) is 36.8 Å². The largest absolute Gasteiger partial charge is 0.494 e. The number of guanidine groups is 1. The maximum Gasteiger partial charge on any atom is 0.197 e. The highest BCUT2D eigenvalue weighted by Gasteiger charge is 2.16. The van der Waals surface area contributed by atoms with Crippen molar-refractivity contribution in [3.05, 3.63) is 29.8 Å². The highest BCUT2D eigenvalue weighted by atomic mass is 32.1. The summed E-state index contributed by atoms with van der Waals surface area (Å²) in [6.45, 7) is 2.60. The summed E-state index contributed by atoms with van der Waals surface area (Å²) in [4.78, 5) is 4.22. The van der Waals surface area contributed by atoms with Gasteiger partial charge in [-0.3, -0.25) is 0 Å². The van der Waals surface area contributed by atoms with Crippen molar-refractivity contribution >= 4 is 23.3 Å². The van der Waals surface area contributed by atoms with Gasteiger partial charge in [0.25, 0.3) is 0 Å². The Morgan fingerprint density at radius 1 is 1.41 bits per heavy atom. The van der Waals surface area contributed by atoms with Crippen molar-refractivity contribution in [2.45, 2.75) is 13.1 Å². The van der Waals surface area contributed by atoms with E-state index in [1.54, 1.807) is 0 Å². The number of rotatable bonds is 3. The first-order chi connectivity index (χ1) is 8.19. The Balaban J connectivity index is 2.17. The zero-order valence-electron chi connectivity index (χ0n) is 9.43. The monoisotopic (exact) mass is 250 g/mol. The Kier molecular flexibility index (Phi) is 3.43. The molecule has 0 saturated heterocycles. The number of aliphatic imine (C=N–C) groups is 1. The summed E-state index contributed by atoms with van der Waals surface area (Å²) < 4.78 is 5.37. The predicted octanol–water partition coefficient (Wildman–Crippen LogP) is 0.876. The summed E-state index contributed by atoms with van der Waals surface area (Å²) in [5, 5.41) is 6.24. The number of nitrogens with zero attached hydrogens (tertiary/aromatic N) is 1. The SMILES string of the molecule is CCOc1ccc([C@H]2N=C(N)NC(=S)N2)cc1. The average molecular weight is 250 g/mol. The van der Waals surface area contributed by atoms with Gasteiger partial charge in [-0.2, -0.15) is 0 Å². The molecule has 0 bridgehead atoms. The lowest BCUT2D eigenvalue weighted by atomic mass is 10.1. The van der Waals surface area contributed by atoms with E-state index >= 15 is 0 Å². The standard InChI is InChI=1S/C11H14N4OS/c1-2-16-8-5-3-7(4-6-8)9-13-10(12)15-11(17)14-9/h3-6,9H,2H2,1H3,(H4,12,13,14,15,17)/t9-/m0/s1. The molecule has 90 valence electrons. The van der Waals surface area contributed by atoms with Gasteiger partial charge >= 0.3 is 0 Å². The molecule has 0 aliphatic carbocycles. The first-order valence-electron chi connectivity index (χ1n) is 5.32. The molecule has 0 radical (unpaired) electrons. The molecule has 5 nitrogen and oxygen atoms in total. The van der Waals surface area contributed by atoms with Crippen molar-refractivity contribution in [2.24, 2.45) is 10.7 Å². The van der Waals surface area contributed by atoms with Crippen LogP contribution in [-0.4, -0.2) is 17.7 Å². The molecule has 1 heterocycles. The minimum atomic E-state index is -0.237. The van der Waals surface area contributed by atoms with Crippen LogP contribution in [0, 0.1) is 0 Å². The third-order valence-electron chi connectivity index (χ3n) is 2.28. The van der Waals surface area contributed by atoms with Crippen molar-refractivity contribution in [1.82, 2.24) is 10.6 Å². The third-order valence-corrected chi connectivity index (χ3v) is 2.50. The van der Waals surface area contributed by atoms with E-state index in [1.807, 2.05) is 31.2 Å². The second-order valence-electron chi connectivity index (χ2n) is 3.52. The van der Waals surface area contributed by atoms with E-state index in [-0.39, 0.29) is 6.17 Å². The van der Waals surface area contributed by atoms with Crippen LogP contribution in [0.15, 0.2) is 29.3 Å². The highest BCUT2D eigenvalue weighted by Crippen LogP contribution is 2.19. The van der Waals surface area contributed by atoms with E-state index in [0.717, 1.165) is 11.3 Å². The molecule has 1 atom stereocenters. The van der Waals surface area contributed by atoms with Gasteiger partial charge in [-0.1, -0.05) is 12.1 Å². The lowest BCUT2D eigenvalue weighted by Crippen LogP contribution is -2.49. The maximum atomic E-state index is 5.62. The molecule has 0 amide bonds. The Bertz CT molecular complexity index is 443. The van der Waals surface area contributed by atoms with Crippen LogP contribution in [0.25, 0.3) is 0 Å². The van der Waals surface area contributed by atoms with Crippen molar-refractivity contribution in [1.29, 1.82) is 0 Å². The van der Waals surface area contributed by atoms with Crippen LogP contribution >= 0.6 is 12.2 Å². The normalized spacial score (nSPS) is 19.0. The summed E-state index contributed by atoms with van der Waals surface area (Å²) >= 11 is 5.02. The molecule has 0 spiro atoms. The van der Waals surface area contributed by atoms with Crippen molar-refractivity contribution < 1.29 is 4.74 Å².